The van der Waals surface area contributed by atoms with Gasteiger partial charge in [0.2, 0.25) is 0 Å². The fourth-order valence-electron chi connectivity index (χ4n) is 3.96. The van der Waals surface area contributed by atoms with E-state index in [0.29, 0.717) is 0 Å². The first-order valence-corrected chi connectivity index (χ1v) is 7.59. The standard InChI is InChI=1S/C18H10F4N2O2/c1-5-7(3-23)13(19)15(21)11-9(5)17(25)10-6(2)8(4-24)14(20)16(22)12(10)18(11)26/h9-12H,1-2H3. The maximum absolute atomic E-state index is 14.4. The van der Waals surface area contributed by atoms with Crippen LogP contribution in [0.4, 0.5) is 17.6 Å². The van der Waals surface area contributed by atoms with Gasteiger partial charge < -0.3 is 0 Å². The predicted molar refractivity (Wildman–Crippen MR) is 79.1 cm³/mol. The van der Waals surface area contributed by atoms with Crippen LogP contribution in [0, 0.1) is 46.3 Å². The van der Waals surface area contributed by atoms with Crippen molar-refractivity contribution in [2.45, 2.75) is 13.8 Å². The summed E-state index contributed by atoms with van der Waals surface area (Å²) in [7, 11) is 0. The molecule has 0 N–H and O–H groups in total. The molecule has 0 amide bonds. The molecule has 4 atom stereocenters. The van der Waals surface area contributed by atoms with Crippen molar-refractivity contribution >= 4 is 11.6 Å². The van der Waals surface area contributed by atoms with Crippen LogP contribution in [0.3, 0.4) is 0 Å². The molecular weight excluding hydrogens is 352 g/mol. The number of nitrogens with zero attached hydrogens (tertiary/aromatic N) is 2. The van der Waals surface area contributed by atoms with Gasteiger partial charge in [0.25, 0.3) is 0 Å². The Bertz CT molecular complexity index is 912. The summed E-state index contributed by atoms with van der Waals surface area (Å²) in [4.78, 5) is 25.6. The molecule has 0 aliphatic heterocycles. The topological polar surface area (TPSA) is 81.7 Å². The lowest BCUT2D eigenvalue weighted by molar-refractivity contribution is -0.143. The van der Waals surface area contributed by atoms with Crippen molar-refractivity contribution in [2.24, 2.45) is 23.7 Å². The van der Waals surface area contributed by atoms with Gasteiger partial charge in [-0.2, -0.15) is 10.5 Å². The summed E-state index contributed by atoms with van der Waals surface area (Å²) in [6.07, 6.45) is 0. The van der Waals surface area contributed by atoms with Crippen LogP contribution < -0.4 is 0 Å². The first kappa shape index (κ1) is 17.8. The fourth-order valence-corrected chi connectivity index (χ4v) is 3.96. The van der Waals surface area contributed by atoms with Crippen LogP contribution in [0.15, 0.2) is 45.6 Å². The van der Waals surface area contributed by atoms with E-state index in [1.807, 2.05) is 0 Å². The van der Waals surface area contributed by atoms with Crippen molar-refractivity contribution in [3.05, 3.63) is 45.6 Å². The number of halogens is 4. The maximum Gasteiger partial charge on any atom is 0.173 e. The number of hydrogen-bond acceptors (Lipinski definition) is 4. The van der Waals surface area contributed by atoms with Crippen LogP contribution >= 0.6 is 0 Å². The minimum absolute atomic E-state index is 0.144. The Morgan fingerprint density at radius 3 is 1.31 bits per heavy atom. The average molecular weight is 362 g/mol. The Hall–Kier alpha value is -3.00. The molecule has 0 aromatic heterocycles. The second-order valence-electron chi connectivity index (χ2n) is 6.38. The van der Waals surface area contributed by atoms with E-state index in [1.54, 1.807) is 0 Å². The van der Waals surface area contributed by atoms with Gasteiger partial charge in [0, 0.05) is 0 Å². The van der Waals surface area contributed by atoms with E-state index < -0.39 is 69.7 Å². The van der Waals surface area contributed by atoms with E-state index in [0.717, 1.165) is 0 Å². The summed E-state index contributed by atoms with van der Waals surface area (Å²) in [5.41, 5.74) is -1.67. The molecule has 3 aliphatic rings. The summed E-state index contributed by atoms with van der Waals surface area (Å²) in [6.45, 7) is 2.43. The largest absolute Gasteiger partial charge is 0.298 e. The summed E-state index contributed by atoms with van der Waals surface area (Å²) < 4.78 is 57.0. The zero-order chi connectivity index (χ0) is 19.5. The molecule has 4 nitrogen and oxygen atoms in total. The zero-order valence-corrected chi connectivity index (χ0v) is 13.5. The first-order valence-electron chi connectivity index (χ1n) is 7.59. The number of ketones is 2. The van der Waals surface area contributed by atoms with E-state index in [4.69, 9.17) is 10.5 Å². The Kier molecular flexibility index (Phi) is 3.95. The van der Waals surface area contributed by atoms with Gasteiger partial charge in [-0.1, -0.05) is 0 Å². The maximum atomic E-state index is 14.4. The molecular formula is C18H10F4N2O2. The highest BCUT2D eigenvalue weighted by atomic mass is 19.2. The van der Waals surface area contributed by atoms with Gasteiger partial charge >= 0.3 is 0 Å². The second kappa shape index (κ2) is 5.77. The molecule has 1 fully saturated rings. The third kappa shape index (κ3) is 1.99. The number of nitriles is 2. The lowest BCUT2D eigenvalue weighted by Gasteiger charge is -2.42. The van der Waals surface area contributed by atoms with E-state index in [1.165, 1.54) is 26.0 Å². The van der Waals surface area contributed by atoms with Gasteiger partial charge in [-0.25, -0.2) is 17.6 Å². The highest BCUT2D eigenvalue weighted by Gasteiger charge is 2.58. The number of hydrogen-bond donors (Lipinski definition) is 0. The molecule has 0 saturated heterocycles. The van der Waals surface area contributed by atoms with Gasteiger partial charge in [0.1, 0.15) is 29.6 Å². The first-order chi connectivity index (χ1) is 12.2. The van der Waals surface area contributed by atoms with E-state index in [2.05, 4.69) is 0 Å². The number of Topliss-reactive ketones (excluding diaryl/α,β-unsaturated/α-hetero) is 2. The molecule has 1 saturated carbocycles. The molecule has 3 aliphatic carbocycles. The molecule has 4 unspecified atom stereocenters. The van der Waals surface area contributed by atoms with E-state index in [9.17, 15) is 27.2 Å². The lowest BCUT2D eigenvalue weighted by atomic mass is 9.58. The molecule has 26 heavy (non-hydrogen) atoms. The van der Waals surface area contributed by atoms with Gasteiger partial charge in [-0.05, 0) is 25.0 Å². The van der Waals surface area contributed by atoms with Crippen molar-refractivity contribution in [1.29, 1.82) is 10.5 Å². The third-order valence-corrected chi connectivity index (χ3v) is 5.24. The average Bonchev–Trinajstić information content (AvgIpc) is 2.60. The quantitative estimate of drug-likeness (QED) is 0.617. The molecule has 0 heterocycles. The number of rotatable bonds is 0. The van der Waals surface area contributed by atoms with Crippen molar-refractivity contribution < 1.29 is 27.2 Å². The summed E-state index contributed by atoms with van der Waals surface area (Å²) in [6, 6.07) is 2.91. The Balaban J connectivity index is 2.28. The minimum Gasteiger partial charge on any atom is -0.298 e. The number of carbonyl (C=O) groups is 2. The van der Waals surface area contributed by atoms with Gasteiger partial charge in [-0.3, -0.25) is 9.59 Å². The Morgan fingerprint density at radius 2 is 1.00 bits per heavy atom. The van der Waals surface area contributed by atoms with Crippen molar-refractivity contribution in [2.75, 3.05) is 0 Å². The van der Waals surface area contributed by atoms with Crippen LogP contribution in [0.5, 0.6) is 0 Å². The molecule has 0 spiro atoms. The predicted octanol–water partition coefficient (Wildman–Crippen LogP) is 3.61. The monoisotopic (exact) mass is 362 g/mol. The SMILES string of the molecule is CC1=C(C#N)C(F)=C(F)C2C(=O)C3C(F)=C(F)C(C#N)=C(C)C3C(=O)C12. The van der Waals surface area contributed by atoms with Crippen LogP contribution in [0.2, 0.25) is 0 Å². The van der Waals surface area contributed by atoms with Crippen LogP contribution in [-0.2, 0) is 9.59 Å². The summed E-state index contributed by atoms with van der Waals surface area (Å²) in [5, 5.41) is 18.0. The molecule has 0 radical (unpaired) electrons. The van der Waals surface area contributed by atoms with Crippen molar-refractivity contribution in [3.8, 4) is 12.1 Å². The van der Waals surface area contributed by atoms with Crippen LogP contribution in [-0.4, -0.2) is 11.6 Å². The molecule has 8 heteroatoms. The molecule has 0 aromatic rings. The number of allylic oxidation sites excluding steroid dienone is 8. The summed E-state index contributed by atoms with van der Waals surface area (Å²) >= 11 is 0. The highest BCUT2D eigenvalue weighted by molar-refractivity contribution is 6.06. The highest BCUT2D eigenvalue weighted by Crippen LogP contribution is 2.53. The molecule has 3 rings (SSSR count). The van der Waals surface area contributed by atoms with Crippen molar-refractivity contribution in [3.63, 3.8) is 0 Å². The van der Waals surface area contributed by atoms with Gasteiger partial charge in [-0.15, -0.1) is 0 Å². The Labute approximate surface area is 145 Å². The van der Waals surface area contributed by atoms with Crippen LogP contribution in [0.25, 0.3) is 0 Å². The zero-order valence-electron chi connectivity index (χ0n) is 13.5. The Morgan fingerprint density at radius 1 is 0.692 bits per heavy atom. The lowest BCUT2D eigenvalue weighted by Crippen LogP contribution is -2.51. The molecule has 0 bridgehead atoms. The van der Waals surface area contributed by atoms with Crippen LogP contribution in [0.1, 0.15) is 13.8 Å². The summed E-state index contributed by atoms with van der Waals surface area (Å²) in [5.74, 6) is -15.3. The normalized spacial score (nSPS) is 31.7. The van der Waals surface area contributed by atoms with Crippen molar-refractivity contribution in [1.82, 2.24) is 0 Å². The molecule has 132 valence electrons. The van der Waals surface area contributed by atoms with E-state index in [-0.39, 0.29) is 11.1 Å². The smallest absolute Gasteiger partial charge is 0.173 e. The third-order valence-electron chi connectivity index (χ3n) is 5.24. The van der Waals surface area contributed by atoms with E-state index >= 15 is 0 Å². The van der Waals surface area contributed by atoms with Gasteiger partial charge in [0.05, 0.1) is 34.8 Å². The molecule has 0 aromatic carbocycles. The number of fused-ring (bicyclic) bond motifs is 2. The minimum atomic E-state index is -1.95. The fraction of sp³-hybridized carbons (Fsp3) is 0.333. The number of carbonyl (C=O) groups excluding carboxylic acids is 2. The van der Waals surface area contributed by atoms with Gasteiger partial charge in [0.15, 0.2) is 17.4 Å². The second-order valence-corrected chi connectivity index (χ2v) is 6.38.